The van der Waals surface area contributed by atoms with Gasteiger partial charge in [-0.25, -0.2) is 0 Å². The molecule has 0 saturated carbocycles. The third-order valence-electron chi connectivity index (χ3n) is 3.57. The number of carboxylic acid groups (broad SMARTS) is 2. The molecule has 1 aromatic carbocycles. The summed E-state index contributed by atoms with van der Waals surface area (Å²) in [5, 5.41) is 18.2. The molecule has 0 unspecified atom stereocenters. The zero-order valence-electron chi connectivity index (χ0n) is 11.9. The number of ether oxygens (including phenoxy) is 1. The van der Waals surface area contributed by atoms with Gasteiger partial charge in [0.1, 0.15) is 5.75 Å². The fourth-order valence-electron chi connectivity index (χ4n) is 2.22. The maximum Gasteiger partial charge on any atom is 0.309 e. The molecule has 0 bridgehead atoms. The van der Waals surface area contributed by atoms with Gasteiger partial charge in [-0.3, -0.25) is 9.59 Å². The van der Waals surface area contributed by atoms with E-state index in [4.69, 9.17) is 9.84 Å². The van der Waals surface area contributed by atoms with Crippen LogP contribution in [0.3, 0.4) is 0 Å². The van der Waals surface area contributed by atoms with Crippen molar-refractivity contribution in [2.45, 2.75) is 32.6 Å². The Morgan fingerprint density at radius 1 is 1.30 bits per heavy atom. The van der Waals surface area contributed by atoms with Gasteiger partial charge in [0, 0.05) is 12.3 Å². The number of aliphatic carboxylic acids is 2. The summed E-state index contributed by atoms with van der Waals surface area (Å²) in [5.41, 5.74) is -0.278. The molecule has 0 aliphatic heterocycles. The predicted octanol–water partition coefficient (Wildman–Crippen LogP) is 2.75. The van der Waals surface area contributed by atoms with Crippen molar-refractivity contribution in [2.75, 3.05) is 7.11 Å². The maximum absolute atomic E-state index is 11.5. The molecule has 0 fully saturated rings. The van der Waals surface area contributed by atoms with E-state index >= 15 is 0 Å². The number of rotatable bonds is 7. The van der Waals surface area contributed by atoms with E-state index in [1.165, 1.54) is 7.11 Å². The summed E-state index contributed by atoms with van der Waals surface area (Å²) in [7, 11) is 1.54. The quantitative estimate of drug-likeness (QED) is 0.802. The van der Waals surface area contributed by atoms with E-state index < -0.39 is 23.3 Å². The molecule has 2 N–H and O–H groups in total. The summed E-state index contributed by atoms with van der Waals surface area (Å²) < 4.78 is 5.14. The number of hydrogen-bond acceptors (Lipinski definition) is 3. The first-order chi connectivity index (χ1) is 9.28. The molecule has 1 rings (SSSR count). The average Bonchev–Trinajstić information content (AvgIpc) is 2.38. The van der Waals surface area contributed by atoms with Crippen molar-refractivity contribution < 1.29 is 24.5 Å². The van der Waals surface area contributed by atoms with Gasteiger partial charge in [-0.1, -0.05) is 12.1 Å². The number of carbonyl (C=O) groups is 2. The average molecular weight is 280 g/mol. The molecular formula is C15H20O5. The monoisotopic (exact) mass is 280 g/mol. The van der Waals surface area contributed by atoms with Crippen molar-refractivity contribution in [3.8, 4) is 5.75 Å². The maximum atomic E-state index is 11.5. The Hall–Kier alpha value is -2.04. The molecule has 0 aromatic heterocycles. The summed E-state index contributed by atoms with van der Waals surface area (Å²) in [6, 6.07) is 7.11. The summed E-state index contributed by atoms with van der Waals surface area (Å²) in [6.07, 6.45) is 0.195. The van der Waals surface area contributed by atoms with E-state index in [1.54, 1.807) is 38.1 Å². The Labute approximate surface area is 118 Å². The second-order valence-corrected chi connectivity index (χ2v) is 5.29. The van der Waals surface area contributed by atoms with Gasteiger partial charge < -0.3 is 14.9 Å². The molecule has 20 heavy (non-hydrogen) atoms. The van der Waals surface area contributed by atoms with Crippen LogP contribution in [-0.2, 0) is 9.59 Å². The van der Waals surface area contributed by atoms with Gasteiger partial charge in [0.2, 0.25) is 0 Å². The highest BCUT2D eigenvalue weighted by atomic mass is 16.5. The van der Waals surface area contributed by atoms with Crippen LogP contribution in [0.1, 0.15) is 38.2 Å². The van der Waals surface area contributed by atoms with Crippen LogP contribution in [0.15, 0.2) is 24.3 Å². The van der Waals surface area contributed by atoms with Crippen LogP contribution < -0.4 is 4.74 Å². The van der Waals surface area contributed by atoms with Crippen molar-refractivity contribution in [1.82, 2.24) is 0 Å². The van der Waals surface area contributed by atoms with E-state index in [0.717, 1.165) is 5.56 Å². The van der Waals surface area contributed by atoms with E-state index in [0.29, 0.717) is 5.75 Å². The third-order valence-corrected chi connectivity index (χ3v) is 3.57. The highest BCUT2D eigenvalue weighted by molar-refractivity contribution is 5.75. The van der Waals surface area contributed by atoms with Gasteiger partial charge in [0.05, 0.1) is 12.5 Å². The first-order valence-corrected chi connectivity index (χ1v) is 6.38. The fourth-order valence-corrected chi connectivity index (χ4v) is 2.22. The minimum atomic E-state index is -1.05. The number of carboxylic acids is 2. The predicted molar refractivity (Wildman–Crippen MR) is 74.0 cm³/mol. The molecule has 0 amide bonds. The first-order valence-electron chi connectivity index (χ1n) is 6.38. The molecule has 0 aliphatic rings. The lowest BCUT2D eigenvalue weighted by molar-refractivity contribution is -0.149. The molecule has 110 valence electrons. The van der Waals surface area contributed by atoms with E-state index in [-0.39, 0.29) is 12.8 Å². The van der Waals surface area contributed by atoms with Crippen LogP contribution in [0.2, 0.25) is 0 Å². The highest BCUT2D eigenvalue weighted by Crippen LogP contribution is 2.40. The van der Waals surface area contributed by atoms with Gasteiger partial charge in [-0.05, 0) is 38.0 Å². The standard InChI is InChI=1S/C15H20O5/c1-15(2,14(18)19)12(7-8-13(16)17)10-5-4-6-11(9-10)20-3/h4-6,9,12H,7-8H2,1-3H3,(H,16,17)(H,18,19)/t12-/m1/s1. The van der Waals surface area contributed by atoms with Crippen LogP contribution in [-0.4, -0.2) is 29.3 Å². The summed E-state index contributed by atoms with van der Waals surface area (Å²) in [6.45, 7) is 3.22. The SMILES string of the molecule is COc1cccc([C@@H](CCC(=O)O)C(C)(C)C(=O)O)c1. The first kappa shape index (κ1) is 16.0. The van der Waals surface area contributed by atoms with Crippen molar-refractivity contribution in [3.05, 3.63) is 29.8 Å². The van der Waals surface area contributed by atoms with Gasteiger partial charge >= 0.3 is 11.9 Å². The van der Waals surface area contributed by atoms with Crippen LogP contribution in [0.4, 0.5) is 0 Å². The molecule has 0 saturated heterocycles. The molecule has 1 atom stereocenters. The summed E-state index contributed by atoms with van der Waals surface area (Å²) in [5.74, 6) is -1.65. The van der Waals surface area contributed by atoms with Crippen LogP contribution in [0, 0.1) is 5.41 Å². The van der Waals surface area contributed by atoms with E-state index in [1.807, 2.05) is 0 Å². The highest BCUT2D eigenvalue weighted by Gasteiger charge is 2.38. The molecule has 0 spiro atoms. The lowest BCUT2D eigenvalue weighted by Crippen LogP contribution is -2.31. The van der Waals surface area contributed by atoms with Gasteiger partial charge in [0.25, 0.3) is 0 Å². The molecular weight excluding hydrogens is 260 g/mol. The third kappa shape index (κ3) is 3.73. The molecule has 1 aromatic rings. The van der Waals surface area contributed by atoms with Gasteiger partial charge in [0.15, 0.2) is 0 Å². The summed E-state index contributed by atoms with van der Waals surface area (Å²) in [4.78, 5) is 22.2. The van der Waals surface area contributed by atoms with Crippen molar-refractivity contribution in [2.24, 2.45) is 5.41 Å². The largest absolute Gasteiger partial charge is 0.497 e. The molecule has 5 nitrogen and oxygen atoms in total. The molecule has 5 heteroatoms. The Morgan fingerprint density at radius 2 is 1.95 bits per heavy atom. The Bertz CT molecular complexity index is 493. The zero-order valence-corrected chi connectivity index (χ0v) is 11.9. The van der Waals surface area contributed by atoms with Crippen molar-refractivity contribution in [1.29, 1.82) is 0 Å². The lowest BCUT2D eigenvalue weighted by Gasteiger charge is -2.30. The Morgan fingerprint density at radius 3 is 2.45 bits per heavy atom. The van der Waals surface area contributed by atoms with Crippen molar-refractivity contribution in [3.63, 3.8) is 0 Å². The van der Waals surface area contributed by atoms with Crippen LogP contribution in [0.5, 0.6) is 5.75 Å². The van der Waals surface area contributed by atoms with E-state index in [9.17, 15) is 14.7 Å². The molecule has 0 radical (unpaired) electrons. The lowest BCUT2D eigenvalue weighted by atomic mass is 9.72. The second kappa shape index (κ2) is 6.41. The Balaban J connectivity index is 3.14. The summed E-state index contributed by atoms with van der Waals surface area (Å²) >= 11 is 0. The molecule has 0 aliphatic carbocycles. The number of benzene rings is 1. The number of hydrogen-bond donors (Lipinski definition) is 2. The fraction of sp³-hybridized carbons (Fsp3) is 0.467. The Kier molecular flexibility index (Phi) is 5.13. The molecule has 0 heterocycles. The van der Waals surface area contributed by atoms with Gasteiger partial charge in [-0.15, -0.1) is 0 Å². The second-order valence-electron chi connectivity index (χ2n) is 5.29. The van der Waals surface area contributed by atoms with Crippen LogP contribution in [0.25, 0.3) is 0 Å². The van der Waals surface area contributed by atoms with E-state index in [2.05, 4.69) is 0 Å². The van der Waals surface area contributed by atoms with Crippen LogP contribution >= 0.6 is 0 Å². The smallest absolute Gasteiger partial charge is 0.309 e. The zero-order chi connectivity index (χ0) is 15.3. The van der Waals surface area contributed by atoms with Crippen molar-refractivity contribution >= 4 is 11.9 Å². The minimum absolute atomic E-state index is 0.0708. The van der Waals surface area contributed by atoms with Gasteiger partial charge in [-0.2, -0.15) is 0 Å². The minimum Gasteiger partial charge on any atom is -0.497 e. The topological polar surface area (TPSA) is 83.8 Å². The normalized spacial score (nSPS) is 12.8. The number of methoxy groups -OCH3 is 1.